The molecule has 49 heavy (non-hydrogen) atoms. The van der Waals surface area contributed by atoms with Gasteiger partial charge in [0.15, 0.2) is 12.6 Å². The molecule has 13 heteroatoms. The molecule has 2 saturated heterocycles. The average Bonchev–Trinajstić information content (AvgIpc) is 3.00. The van der Waals surface area contributed by atoms with E-state index in [1.807, 2.05) is 31.7 Å². The van der Waals surface area contributed by atoms with Crippen LogP contribution in [0.15, 0.2) is 24.3 Å². The molecule has 0 amide bonds. The maximum Gasteiger partial charge on any atom is 0.308 e. The molecule has 282 valence electrons. The standard InChI is InChI=1S/C36H61NO12/c1-20-17-24(15-16-38)32(33(44-9)26(40)18-27(41)45-21(2)13-11-10-12-14-25(20)39)49-35-30(42)29(37(7)8)31(22(3)47-35)48-28-19-36(5,6)34(43)23(4)46-28/h10-12,14,16,20-26,28-35,39-40,42-43H,13,15,17-19H2,1-9H3/b11-10+,14-12+/t20-,21-,22-,23-,24+,25+,26-,28-,29-,30-,31-,32+,33-,34-,35+/m1/s1. The summed E-state index contributed by atoms with van der Waals surface area (Å²) in [7, 11) is 4.98. The van der Waals surface area contributed by atoms with Crippen LogP contribution in [0.2, 0.25) is 0 Å². The summed E-state index contributed by atoms with van der Waals surface area (Å²) in [4.78, 5) is 26.7. The Morgan fingerprint density at radius 1 is 0.980 bits per heavy atom. The second-order valence-electron chi connectivity index (χ2n) is 15.0. The fourth-order valence-corrected chi connectivity index (χ4v) is 7.26. The number of hydrogen-bond donors (Lipinski definition) is 4. The van der Waals surface area contributed by atoms with Crippen molar-refractivity contribution in [1.29, 1.82) is 0 Å². The van der Waals surface area contributed by atoms with Crippen LogP contribution in [0.25, 0.3) is 0 Å². The van der Waals surface area contributed by atoms with Gasteiger partial charge in [0.2, 0.25) is 0 Å². The first kappa shape index (κ1) is 41.6. The lowest BCUT2D eigenvalue weighted by Gasteiger charge is -2.50. The van der Waals surface area contributed by atoms with Crippen molar-refractivity contribution >= 4 is 12.3 Å². The van der Waals surface area contributed by atoms with Crippen molar-refractivity contribution in [2.75, 3.05) is 21.2 Å². The Morgan fingerprint density at radius 2 is 1.67 bits per heavy atom. The number of aliphatic hydroxyl groups is 4. The number of rotatable bonds is 8. The molecule has 0 bridgehead atoms. The number of allylic oxidation sites excluding steroid dienone is 2. The second-order valence-corrected chi connectivity index (χ2v) is 15.0. The number of likely N-dealkylation sites (N-methyl/N-ethyl adjacent to an activating group) is 1. The summed E-state index contributed by atoms with van der Waals surface area (Å²) in [6.45, 7) is 11.1. The SMILES string of the molecule is CO[C@H]1[C@@H](O[C@@H]2O[C@H](C)[C@@H](O[C@@H]3CC(C)(C)[C@H](O)[C@@H](C)O3)[C@H](N(C)C)[C@H]2O)[C@@H](CC=O)C[C@@H](C)[C@@H](O)/C=C/C=C/C[C@@H](C)OC(=O)C[C@H]1O. The van der Waals surface area contributed by atoms with Crippen molar-refractivity contribution in [3.05, 3.63) is 24.3 Å². The minimum Gasteiger partial charge on any atom is -0.462 e. The fourth-order valence-electron chi connectivity index (χ4n) is 7.26. The fraction of sp³-hybridized carbons (Fsp3) is 0.833. The second kappa shape index (κ2) is 18.6. The van der Waals surface area contributed by atoms with Gasteiger partial charge in [-0.1, -0.05) is 45.1 Å². The lowest BCUT2D eigenvalue weighted by atomic mass is 9.78. The van der Waals surface area contributed by atoms with Gasteiger partial charge in [0, 0.05) is 26.4 Å². The normalized spacial score (nSPS) is 44.2. The predicted octanol–water partition coefficient (Wildman–Crippen LogP) is 2.12. The predicted molar refractivity (Wildman–Crippen MR) is 180 cm³/mol. The summed E-state index contributed by atoms with van der Waals surface area (Å²) in [5.41, 5.74) is -0.464. The Hall–Kier alpha value is -1.78. The molecule has 4 N–H and O–H groups in total. The number of methoxy groups -OCH3 is 1. The van der Waals surface area contributed by atoms with Gasteiger partial charge in [-0.3, -0.25) is 4.79 Å². The Kier molecular flexibility index (Phi) is 15.8. The van der Waals surface area contributed by atoms with Crippen molar-refractivity contribution < 1.29 is 58.4 Å². The van der Waals surface area contributed by atoms with Gasteiger partial charge in [-0.15, -0.1) is 0 Å². The number of ether oxygens (including phenoxy) is 6. The van der Waals surface area contributed by atoms with Gasteiger partial charge in [-0.25, -0.2) is 0 Å². The monoisotopic (exact) mass is 699 g/mol. The van der Waals surface area contributed by atoms with E-state index in [0.29, 0.717) is 12.8 Å². The van der Waals surface area contributed by atoms with E-state index < -0.39 is 103 Å². The van der Waals surface area contributed by atoms with E-state index in [0.717, 1.165) is 6.29 Å². The van der Waals surface area contributed by atoms with Crippen LogP contribution in [-0.4, -0.2) is 138 Å². The molecule has 0 spiro atoms. The van der Waals surface area contributed by atoms with E-state index in [1.165, 1.54) is 7.11 Å². The van der Waals surface area contributed by atoms with Crippen LogP contribution in [0.4, 0.5) is 0 Å². The highest BCUT2D eigenvalue weighted by molar-refractivity contribution is 5.70. The highest BCUT2D eigenvalue weighted by Crippen LogP contribution is 2.39. The first-order valence-electron chi connectivity index (χ1n) is 17.5. The molecule has 15 atom stereocenters. The Labute approximate surface area is 291 Å². The Bertz CT molecular complexity index is 1100. The van der Waals surface area contributed by atoms with E-state index in [2.05, 4.69) is 0 Å². The summed E-state index contributed by atoms with van der Waals surface area (Å²) in [5, 5.41) is 44.8. The topological polar surface area (TPSA) is 174 Å². The molecule has 0 aromatic heterocycles. The van der Waals surface area contributed by atoms with Crippen LogP contribution >= 0.6 is 0 Å². The first-order chi connectivity index (χ1) is 23.0. The van der Waals surface area contributed by atoms with Gasteiger partial charge in [-0.05, 0) is 58.5 Å². The van der Waals surface area contributed by atoms with Crippen LogP contribution in [0, 0.1) is 17.3 Å². The molecule has 3 aliphatic heterocycles. The highest BCUT2D eigenvalue weighted by atomic mass is 16.7. The van der Waals surface area contributed by atoms with E-state index in [9.17, 15) is 30.0 Å². The Morgan fingerprint density at radius 3 is 2.29 bits per heavy atom. The molecule has 3 heterocycles. The molecular weight excluding hydrogens is 638 g/mol. The molecule has 3 aliphatic rings. The smallest absolute Gasteiger partial charge is 0.308 e. The van der Waals surface area contributed by atoms with Crippen LogP contribution in [-0.2, 0) is 38.0 Å². The third kappa shape index (κ3) is 11.1. The first-order valence-corrected chi connectivity index (χ1v) is 17.5. The molecule has 0 saturated carbocycles. The van der Waals surface area contributed by atoms with Crippen LogP contribution < -0.4 is 0 Å². The number of cyclic esters (lactones) is 1. The lowest BCUT2D eigenvalue weighted by molar-refractivity contribution is -0.340. The third-order valence-corrected chi connectivity index (χ3v) is 10.1. The summed E-state index contributed by atoms with van der Waals surface area (Å²) in [6, 6.07) is -0.639. The molecular formula is C36H61NO12. The van der Waals surface area contributed by atoms with Gasteiger partial charge < -0.3 is 58.5 Å². The van der Waals surface area contributed by atoms with Gasteiger partial charge in [-0.2, -0.15) is 0 Å². The quantitative estimate of drug-likeness (QED) is 0.215. The minimum atomic E-state index is -1.39. The largest absolute Gasteiger partial charge is 0.462 e. The van der Waals surface area contributed by atoms with Crippen molar-refractivity contribution in [1.82, 2.24) is 4.90 Å². The maximum atomic E-state index is 12.8. The number of esters is 1. The zero-order valence-electron chi connectivity index (χ0n) is 30.6. The summed E-state index contributed by atoms with van der Waals surface area (Å²) in [6.07, 6.45) is -2.04. The van der Waals surface area contributed by atoms with Crippen molar-refractivity contribution in [2.24, 2.45) is 17.3 Å². The highest BCUT2D eigenvalue weighted by Gasteiger charge is 2.51. The summed E-state index contributed by atoms with van der Waals surface area (Å²) >= 11 is 0. The molecule has 0 aliphatic carbocycles. The molecule has 0 aromatic carbocycles. The molecule has 3 rings (SSSR count). The summed E-state index contributed by atoms with van der Waals surface area (Å²) in [5.74, 6) is -1.58. The van der Waals surface area contributed by atoms with E-state index in [1.54, 1.807) is 53.1 Å². The van der Waals surface area contributed by atoms with Gasteiger partial charge in [0.25, 0.3) is 0 Å². The van der Waals surface area contributed by atoms with Crippen LogP contribution in [0.5, 0.6) is 0 Å². The van der Waals surface area contributed by atoms with E-state index in [4.69, 9.17) is 28.4 Å². The van der Waals surface area contributed by atoms with Gasteiger partial charge in [0.1, 0.15) is 30.7 Å². The maximum absolute atomic E-state index is 12.8. The number of carbonyl (C=O) groups is 2. The number of aliphatic hydroxyl groups excluding tert-OH is 4. The van der Waals surface area contributed by atoms with E-state index in [-0.39, 0.29) is 18.8 Å². The third-order valence-electron chi connectivity index (χ3n) is 10.1. The molecule has 0 unspecified atom stereocenters. The van der Waals surface area contributed by atoms with Crippen molar-refractivity contribution in [3.63, 3.8) is 0 Å². The lowest BCUT2D eigenvalue weighted by Crippen LogP contribution is -2.65. The average molecular weight is 700 g/mol. The van der Waals surface area contributed by atoms with Crippen LogP contribution in [0.3, 0.4) is 0 Å². The Balaban J connectivity index is 1.94. The molecule has 0 aromatic rings. The zero-order valence-corrected chi connectivity index (χ0v) is 30.6. The molecule has 0 radical (unpaired) electrons. The van der Waals surface area contributed by atoms with Gasteiger partial charge in [0.05, 0.1) is 49.1 Å². The number of hydrogen-bond acceptors (Lipinski definition) is 13. The van der Waals surface area contributed by atoms with E-state index >= 15 is 0 Å². The van der Waals surface area contributed by atoms with Crippen LogP contribution in [0.1, 0.15) is 73.6 Å². The zero-order chi connectivity index (χ0) is 36.6. The van der Waals surface area contributed by atoms with Crippen molar-refractivity contribution in [2.45, 2.75) is 153 Å². The van der Waals surface area contributed by atoms with Crippen molar-refractivity contribution in [3.8, 4) is 0 Å². The molecule has 13 nitrogen and oxygen atoms in total. The number of carbonyl (C=O) groups excluding carboxylic acids is 2. The summed E-state index contributed by atoms with van der Waals surface area (Å²) < 4.78 is 36.6. The van der Waals surface area contributed by atoms with Gasteiger partial charge >= 0.3 is 5.97 Å². The minimum absolute atomic E-state index is 0.0144. The number of aldehydes is 1. The molecule has 2 fully saturated rings. The number of nitrogens with zero attached hydrogens (tertiary/aromatic N) is 1.